The largest absolute Gasteiger partial charge is 0.465 e. The molecule has 1 aromatic heterocycles. The van der Waals surface area contributed by atoms with E-state index in [1.165, 1.54) is 0 Å². The molecule has 68 valence electrons. The molecule has 0 fully saturated rings. The summed E-state index contributed by atoms with van der Waals surface area (Å²) in [6.45, 7) is 0. The lowest BCUT2D eigenvalue weighted by Gasteiger charge is -2.10. The average Bonchev–Trinajstić information content (AvgIpc) is 2.32. The number of aliphatic hydroxyl groups is 1. The predicted molar refractivity (Wildman–Crippen MR) is 37.4 cm³/mol. The fourth-order valence-corrected chi connectivity index (χ4v) is 0.952. The van der Waals surface area contributed by atoms with E-state index in [-0.39, 0.29) is 0 Å². The van der Waals surface area contributed by atoms with Gasteiger partial charge in [0, 0.05) is 0 Å². The van der Waals surface area contributed by atoms with Crippen molar-refractivity contribution in [2.24, 2.45) is 0 Å². The average molecular weight is 245 g/mol. The Hall–Kier alpha value is -0.490. The number of halogens is 4. The van der Waals surface area contributed by atoms with E-state index in [0.29, 0.717) is 4.47 Å². The minimum absolute atomic E-state index is 0.362. The molecule has 0 amide bonds. The van der Waals surface area contributed by atoms with Crippen LogP contribution in [-0.4, -0.2) is 11.3 Å². The van der Waals surface area contributed by atoms with Gasteiger partial charge in [-0.2, -0.15) is 13.2 Å². The van der Waals surface area contributed by atoms with Crippen LogP contribution in [0.25, 0.3) is 0 Å². The molecule has 1 rings (SSSR count). The van der Waals surface area contributed by atoms with Crippen molar-refractivity contribution in [1.29, 1.82) is 0 Å². The lowest BCUT2D eigenvalue weighted by Crippen LogP contribution is -2.19. The van der Waals surface area contributed by atoms with Crippen LogP contribution in [0, 0.1) is 0 Å². The molecule has 1 N–H and O–H groups in total. The van der Waals surface area contributed by atoms with E-state index >= 15 is 0 Å². The lowest BCUT2D eigenvalue weighted by molar-refractivity contribution is -0.211. The van der Waals surface area contributed by atoms with Gasteiger partial charge in [-0.25, -0.2) is 0 Å². The van der Waals surface area contributed by atoms with Crippen molar-refractivity contribution in [3.63, 3.8) is 0 Å². The first kappa shape index (κ1) is 9.60. The number of hydrogen-bond acceptors (Lipinski definition) is 2. The Kier molecular flexibility index (Phi) is 2.48. The summed E-state index contributed by atoms with van der Waals surface area (Å²) in [5, 5.41) is 8.63. The fraction of sp³-hybridized carbons (Fsp3) is 0.333. The second-order valence-electron chi connectivity index (χ2n) is 2.11. The zero-order valence-corrected chi connectivity index (χ0v) is 7.19. The molecule has 0 bridgehead atoms. The Bertz CT molecular complexity index is 268. The molecular weight excluding hydrogens is 241 g/mol. The number of alkyl halides is 3. The third-order valence-electron chi connectivity index (χ3n) is 1.17. The maximum atomic E-state index is 11.8. The van der Waals surface area contributed by atoms with Gasteiger partial charge < -0.3 is 9.52 Å². The highest BCUT2D eigenvalue weighted by molar-refractivity contribution is 9.10. The standard InChI is InChI=1S/C6H4BrF3O2/c7-3-1-4(12-2-3)5(11)6(8,9)10/h1-2,5,11H/t5-/m0/s1. The number of hydrogen-bond donors (Lipinski definition) is 1. The number of aliphatic hydroxyl groups excluding tert-OH is 1. The zero-order valence-electron chi connectivity index (χ0n) is 5.60. The van der Waals surface area contributed by atoms with Gasteiger partial charge in [0.2, 0.25) is 6.10 Å². The summed E-state index contributed by atoms with van der Waals surface area (Å²) in [5.74, 6) is -0.519. The molecule has 2 nitrogen and oxygen atoms in total. The second-order valence-corrected chi connectivity index (χ2v) is 3.03. The highest BCUT2D eigenvalue weighted by atomic mass is 79.9. The van der Waals surface area contributed by atoms with Gasteiger partial charge in [-0.1, -0.05) is 0 Å². The molecule has 0 radical (unpaired) electrons. The molecule has 6 heteroatoms. The summed E-state index contributed by atoms with van der Waals surface area (Å²) in [6.07, 6.45) is -6.16. The van der Waals surface area contributed by atoms with Gasteiger partial charge in [-0.05, 0) is 22.0 Å². The van der Waals surface area contributed by atoms with E-state index < -0.39 is 18.0 Å². The molecule has 12 heavy (non-hydrogen) atoms. The molecule has 0 aliphatic carbocycles. The van der Waals surface area contributed by atoms with Crippen LogP contribution in [0.4, 0.5) is 13.2 Å². The molecule has 0 spiro atoms. The quantitative estimate of drug-likeness (QED) is 0.824. The number of furan rings is 1. The maximum absolute atomic E-state index is 11.8. The highest BCUT2D eigenvalue weighted by Gasteiger charge is 2.41. The second kappa shape index (κ2) is 3.10. The van der Waals surface area contributed by atoms with Gasteiger partial charge in [-0.15, -0.1) is 0 Å². The van der Waals surface area contributed by atoms with Crippen LogP contribution >= 0.6 is 15.9 Å². The van der Waals surface area contributed by atoms with E-state index in [4.69, 9.17) is 5.11 Å². The Morgan fingerprint density at radius 2 is 2.08 bits per heavy atom. The Balaban J connectivity index is 2.85. The first-order valence-corrected chi connectivity index (χ1v) is 3.69. The van der Waals surface area contributed by atoms with E-state index in [1.807, 2.05) is 0 Å². The van der Waals surface area contributed by atoms with Crippen molar-refractivity contribution < 1.29 is 22.7 Å². The highest BCUT2D eigenvalue weighted by Crippen LogP contribution is 2.33. The minimum atomic E-state index is -4.68. The Labute approximate surface area is 74.1 Å². The molecule has 1 heterocycles. The summed E-state index contributed by atoms with van der Waals surface area (Å²) in [5.41, 5.74) is 0. The van der Waals surface area contributed by atoms with Crippen LogP contribution in [0.3, 0.4) is 0 Å². The fourth-order valence-electron chi connectivity index (χ4n) is 0.633. The summed E-state index contributed by atoms with van der Waals surface area (Å²) in [7, 11) is 0. The van der Waals surface area contributed by atoms with Crippen molar-refractivity contribution in [3.8, 4) is 0 Å². The van der Waals surface area contributed by atoms with Crippen molar-refractivity contribution >= 4 is 15.9 Å². The summed E-state index contributed by atoms with van der Waals surface area (Å²) < 4.78 is 40.3. The van der Waals surface area contributed by atoms with Gasteiger partial charge in [0.25, 0.3) is 0 Å². The predicted octanol–water partition coefficient (Wildman–Crippen LogP) is 2.64. The normalized spacial score (nSPS) is 14.8. The molecule has 0 unspecified atom stereocenters. The molecule has 0 saturated heterocycles. The lowest BCUT2D eigenvalue weighted by atomic mass is 10.3. The molecule has 0 aliphatic rings. The van der Waals surface area contributed by atoms with Crippen LogP contribution < -0.4 is 0 Å². The van der Waals surface area contributed by atoms with Crippen LogP contribution in [0.5, 0.6) is 0 Å². The minimum Gasteiger partial charge on any atom is -0.465 e. The van der Waals surface area contributed by atoms with Crippen LogP contribution in [-0.2, 0) is 0 Å². The molecule has 0 aromatic carbocycles. The van der Waals surface area contributed by atoms with Crippen molar-refractivity contribution in [2.45, 2.75) is 12.3 Å². The van der Waals surface area contributed by atoms with E-state index in [0.717, 1.165) is 12.3 Å². The van der Waals surface area contributed by atoms with E-state index in [2.05, 4.69) is 20.3 Å². The maximum Gasteiger partial charge on any atom is 0.421 e. The van der Waals surface area contributed by atoms with Crippen LogP contribution in [0.1, 0.15) is 11.9 Å². The van der Waals surface area contributed by atoms with Crippen LogP contribution in [0.15, 0.2) is 21.2 Å². The third kappa shape index (κ3) is 2.01. The van der Waals surface area contributed by atoms with Gasteiger partial charge >= 0.3 is 6.18 Å². The molecule has 1 atom stereocenters. The van der Waals surface area contributed by atoms with Crippen molar-refractivity contribution in [2.75, 3.05) is 0 Å². The smallest absolute Gasteiger partial charge is 0.421 e. The van der Waals surface area contributed by atoms with Gasteiger partial charge in [-0.3, -0.25) is 0 Å². The Morgan fingerprint density at radius 1 is 1.50 bits per heavy atom. The first-order valence-electron chi connectivity index (χ1n) is 2.90. The monoisotopic (exact) mass is 244 g/mol. The number of rotatable bonds is 1. The summed E-state index contributed by atoms with van der Waals surface area (Å²) in [6, 6.07) is 1.07. The molecule has 0 saturated carbocycles. The Morgan fingerprint density at radius 3 is 2.42 bits per heavy atom. The van der Waals surface area contributed by atoms with Gasteiger partial charge in [0.15, 0.2) is 0 Å². The summed E-state index contributed by atoms with van der Waals surface area (Å²) >= 11 is 2.89. The molecule has 1 aromatic rings. The van der Waals surface area contributed by atoms with Crippen molar-refractivity contribution in [1.82, 2.24) is 0 Å². The van der Waals surface area contributed by atoms with Crippen molar-refractivity contribution in [3.05, 3.63) is 22.6 Å². The SMILES string of the molecule is O[C@@H](c1cc(Br)co1)C(F)(F)F. The third-order valence-corrected chi connectivity index (χ3v) is 1.58. The van der Waals surface area contributed by atoms with Gasteiger partial charge in [0.05, 0.1) is 4.47 Å². The zero-order chi connectivity index (χ0) is 9.35. The van der Waals surface area contributed by atoms with Crippen LogP contribution in [0.2, 0.25) is 0 Å². The molecule has 0 aliphatic heterocycles. The van der Waals surface area contributed by atoms with Gasteiger partial charge in [0.1, 0.15) is 12.0 Å². The summed E-state index contributed by atoms with van der Waals surface area (Å²) in [4.78, 5) is 0. The topological polar surface area (TPSA) is 33.4 Å². The van der Waals surface area contributed by atoms with E-state index in [9.17, 15) is 13.2 Å². The first-order chi connectivity index (χ1) is 5.41. The molecular formula is C6H4BrF3O2. The van der Waals surface area contributed by atoms with E-state index in [1.54, 1.807) is 0 Å².